The molecule has 122 valence electrons. The molecule has 1 amide bonds. The average molecular weight is 374 g/mol. The van der Waals surface area contributed by atoms with E-state index in [0.717, 1.165) is 11.8 Å². The molecule has 0 saturated heterocycles. The summed E-state index contributed by atoms with van der Waals surface area (Å²) in [6, 6.07) is 4.98. The van der Waals surface area contributed by atoms with Crippen molar-refractivity contribution in [2.75, 3.05) is 11.1 Å². The molecule has 0 unspecified atom stereocenters. The van der Waals surface area contributed by atoms with Crippen LogP contribution < -0.4 is 5.32 Å². The second-order valence-corrected chi connectivity index (χ2v) is 7.66. The Balaban J connectivity index is 2.35. The van der Waals surface area contributed by atoms with Gasteiger partial charge in [-0.15, -0.1) is 0 Å². The molecule has 9 heteroatoms. The number of aryl methyl sites for hydroxylation is 1. The predicted octanol–water partition coefficient (Wildman–Crippen LogP) is 3.14. The van der Waals surface area contributed by atoms with Crippen LogP contribution in [0, 0.1) is 6.92 Å². The van der Waals surface area contributed by atoms with Crippen LogP contribution in [0.3, 0.4) is 0 Å². The first-order valence-electron chi connectivity index (χ1n) is 6.57. The standard InChI is InChI=1S/C14H13Cl2N3O3S/c1-3-23(21,22)14-17-7-11(16)12(19-14)13(20)18-9-5-4-8(2)10(15)6-9/h4-7H,3H2,1-2H3,(H,18,20). The van der Waals surface area contributed by atoms with E-state index in [2.05, 4.69) is 15.3 Å². The second kappa shape index (κ2) is 6.82. The van der Waals surface area contributed by atoms with E-state index in [1.807, 2.05) is 6.92 Å². The van der Waals surface area contributed by atoms with Gasteiger partial charge < -0.3 is 5.32 Å². The van der Waals surface area contributed by atoms with Gasteiger partial charge in [-0.2, -0.15) is 0 Å². The number of hydrogen-bond donors (Lipinski definition) is 1. The summed E-state index contributed by atoms with van der Waals surface area (Å²) < 4.78 is 23.6. The number of halogens is 2. The van der Waals surface area contributed by atoms with Crippen LogP contribution in [0.1, 0.15) is 23.0 Å². The van der Waals surface area contributed by atoms with Crippen molar-refractivity contribution in [1.29, 1.82) is 0 Å². The highest BCUT2D eigenvalue weighted by atomic mass is 35.5. The molecule has 0 spiro atoms. The number of nitrogens with zero attached hydrogens (tertiary/aromatic N) is 2. The molecule has 6 nitrogen and oxygen atoms in total. The third kappa shape index (κ3) is 3.99. The van der Waals surface area contributed by atoms with E-state index >= 15 is 0 Å². The number of hydrogen-bond acceptors (Lipinski definition) is 5. The number of aromatic nitrogens is 2. The van der Waals surface area contributed by atoms with Crippen LogP contribution in [0.2, 0.25) is 10.0 Å². The molecule has 0 bridgehead atoms. The fourth-order valence-electron chi connectivity index (χ4n) is 1.65. The summed E-state index contributed by atoms with van der Waals surface area (Å²) >= 11 is 11.9. The number of rotatable bonds is 4. The Kier molecular flexibility index (Phi) is 5.23. The van der Waals surface area contributed by atoms with Gasteiger partial charge >= 0.3 is 0 Å². The SMILES string of the molecule is CCS(=O)(=O)c1ncc(Cl)c(C(=O)Nc2ccc(C)c(Cl)c2)n1. The predicted molar refractivity (Wildman–Crippen MR) is 88.9 cm³/mol. The summed E-state index contributed by atoms with van der Waals surface area (Å²) in [6.07, 6.45) is 1.09. The van der Waals surface area contributed by atoms with E-state index in [-0.39, 0.29) is 16.5 Å². The third-order valence-corrected chi connectivity index (χ3v) is 5.22. The van der Waals surface area contributed by atoms with Crippen LogP contribution in [-0.4, -0.2) is 30.0 Å². The molecular weight excluding hydrogens is 361 g/mol. The fraction of sp³-hybridized carbons (Fsp3) is 0.214. The van der Waals surface area contributed by atoms with Gasteiger partial charge in [0.2, 0.25) is 15.0 Å². The molecule has 0 atom stereocenters. The summed E-state index contributed by atoms with van der Waals surface area (Å²) in [5.41, 5.74) is 1.09. The van der Waals surface area contributed by atoms with Gasteiger partial charge in [0, 0.05) is 10.7 Å². The lowest BCUT2D eigenvalue weighted by atomic mass is 10.2. The van der Waals surface area contributed by atoms with Crippen molar-refractivity contribution in [3.63, 3.8) is 0 Å². The zero-order valence-corrected chi connectivity index (χ0v) is 14.6. The summed E-state index contributed by atoms with van der Waals surface area (Å²) in [6.45, 7) is 3.29. The monoisotopic (exact) mass is 373 g/mol. The van der Waals surface area contributed by atoms with E-state index in [9.17, 15) is 13.2 Å². The normalized spacial score (nSPS) is 11.3. The Morgan fingerprint density at radius 3 is 2.57 bits per heavy atom. The van der Waals surface area contributed by atoms with Crippen LogP contribution in [0.25, 0.3) is 0 Å². The first kappa shape index (κ1) is 17.7. The van der Waals surface area contributed by atoms with Gasteiger partial charge in [-0.3, -0.25) is 4.79 Å². The Labute approximate surface area is 143 Å². The molecule has 1 N–H and O–H groups in total. The Bertz CT molecular complexity index is 870. The van der Waals surface area contributed by atoms with Crippen LogP contribution in [0.15, 0.2) is 29.6 Å². The number of anilines is 1. The van der Waals surface area contributed by atoms with Crippen LogP contribution in [-0.2, 0) is 9.84 Å². The van der Waals surface area contributed by atoms with Gasteiger partial charge in [0.15, 0.2) is 5.69 Å². The van der Waals surface area contributed by atoms with Crippen molar-refractivity contribution in [1.82, 2.24) is 9.97 Å². The number of amides is 1. The molecule has 0 saturated carbocycles. The van der Waals surface area contributed by atoms with Crippen LogP contribution >= 0.6 is 23.2 Å². The number of sulfone groups is 1. The summed E-state index contributed by atoms with van der Waals surface area (Å²) in [5, 5.41) is 2.58. The topological polar surface area (TPSA) is 89.0 Å². The van der Waals surface area contributed by atoms with Crippen molar-refractivity contribution < 1.29 is 13.2 Å². The summed E-state index contributed by atoms with van der Waals surface area (Å²) in [5.74, 6) is -0.826. The zero-order chi connectivity index (χ0) is 17.2. The van der Waals surface area contributed by atoms with Crippen molar-refractivity contribution in [3.8, 4) is 0 Å². The molecule has 2 rings (SSSR count). The minimum absolute atomic E-state index is 0.0456. The maximum Gasteiger partial charge on any atom is 0.275 e. The van der Waals surface area contributed by atoms with Gasteiger partial charge in [0.25, 0.3) is 5.91 Å². The fourth-order valence-corrected chi connectivity index (χ4v) is 2.71. The molecule has 0 aliphatic heterocycles. The van der Waals surface area contributed by atoms with Crippen molar-refractivity contribution in [3.05, 3.63) is 45.7 Å². The highest BCUT2D eigenvalue weighted by molar-refractivity contribution is 7.91. The Morgan fingerprint density at radius 2 is 1.96 bits per heavy atom. The highest BCUT2D eigenvalue weighted by Gasteiger charge is 2.21. The minimum atomic E-state index is -3.64. The van der Waals surface area contributed by atoms with Gasteiger partial charge in [-0.05, 0) is 24.6 Å². The first-order chi connectivity index (χ1) is 10.7. The van der Waals surface area contributed by atoms with Crippen LogP contribution in [0.4, 0.5) is 5.69 Å². The molecule has 1 heterocycles. The van der Waals surface area contributed by atoms with E-state index in [4.69, 9.17) is 23.2 Å². The first-order valence-corrected chi connectivity index (χ1v) is 8.98. The maximum atomic E-state index is 12.3. The number of carbonyl (C=O) groups excluding carboxylic acids is 1. The quantitative estimate of drug-likeness (QED) is 0.831. The molecule has 1 aromatic heterocycles. The molecular formula is C14H13Cl2N3O3S. The van der Waals surface area contributed by atoms with Gasteiger partial charge in [0.05, 0.1) is 17.0 Å². The smallest absolute Gasteiger partial charge is 0.275 e. The number of benzene rings is 1. The average Bonchev–Trinajstić information content (AvgIpc) is 2.51. The maximum absolute atomic E-state index is 12.3. The van der Waals surface area contributed by atoms with Gasteiger partial charge in [-0.25, -0.2) is 18.4 Å². The lowest BCUT2D eigenvalue weighted by molar-refractivity contribution is 0.102. The Hall–Kier alpha value is -1.70. The minimum Gasteiger partial charge on any atom is -0.321 e. The van der Waals surface area contributed by atoms with E-state index < -0.39 is 20.9 Å². The van der Waals surface area contributed by atoms with Crippen molar-refractivity contribution in [2.45, 2.75) is 19.0 Å². The van der Waals surface area contributed by atoms with Gasteiger partial charge in [-0.1, -0.05) is 36.2 Å². The number of carbonyl (C=O) groups is 1. The lowest BCUT2D eigenvalue weighted by Crippen LogP contribution is -2.18. The lowest BCUT2D eigenvalue weighted by Gasteiger charge is -2.08. The summed E-state index contributed by atoms with van der Waals surface area (Å²) in [4.78, 5) is 19.7. The highest BCUT2D eigenvalue weighted by Crippen LogP contribution is 2.22. The molecule has 23 heavy (non-hydrogen) atoms. The third-order valence-electron chi connectivity index (χ3n) is 3.02. The summed E-state index contributed by atoms with van der Waals surface area (Å²) in [7, 11) is -3.64. The molecule has 2 aromatic rings. The van der Waals surface area contributed by atoms with E-state index in [0.29, 0.717) is 10.7 Å². The van der Waals surface area contributed by atoms with Crippen LogP contribution in [0.5, 0.6) is 0 Å². The molecule has 1 aromatic carbocycles. The second-order valence-electron chi connectivity index (χ2n) is 4.67. The molecule has 0 aliphatic rings. The van der Waals surface area contributed by atoms with Crippen molar-refractivity contribution >= 4 is 44.6 Å². The molecule has 0 aliphatic carbocycles. The van der Waals surface area contributed by atoms with Gasteiger partial charge in [0.1, 0.15) is 0 Å². The molecule has 0 fully saturated rings. The molecule has 0 radical (unpaired) electrons. The Morgan fingerprint density at radius 1 is 1.26 bits per heavy atom. The number of nitrogens with one attached hydrogen (secondary N) is 1. The van der Waals surface area contributed by atoms with Crippen molar-refractivity contribution in [2.24, 2.45) is 0 Å². The van der Waals surface area contributed by atoms with E-state index in [1.54, 1.807) is 18.2 Å². The van der Waals surface area contributed by atoms with E-state index in [1.165, 1.54) is 6.92 Å². The largest absolute Gasteiger partial charge is 0.321 e. The zero-order valence-electron chi connectivity index (χ0n) is 12.3.